The van der Waals surface area contributed by atoms with Gasteiger partial charge in [-0.25, -0.2) is 0 Å². The second-order valence-corrected chi connectivity index (χ2v) is 1.20. The van der Waals surface area contributed by atoms with Crippen molar-refractivity contribution in [1.29, 1.82) is 5.00 Å². The van der Waals surface area contributed by atoms with E-state index in [9.17, 15) is 0 Å². The molecule has 0 bridgehead atoms. The summed E-state index contributed by atoms with van der Waals surface area (Å²) in [5.74, 6) is -0.833. The molecule has 0 spiro atoms. The Hall–Kier alpha value is -0.100. The van der Waals surface area contributed by atoms with Crippen molar-refractivity contribution < 1.29 is 9.90 Å². The van der Waals surface area contributed by atoms with Crippen LogP contribution in [0.25, 0.3) is 0 Å². The Kier molecular flexibility index (Phi) is 13.3. The quantitative estimate of drug-likeness (QED) is 0.521. The van der Waals surface area contributed by atoms with Gasteiger partial charge in [-0.05, 0) is 0 Å². The van der Waals surface area contributed by atoms with Crippen molar-refractivity contribution in [2.75, 3.05) is 0 Å². The van der Waals surface area contributed by atoms with E-state index in [-0.39, 0.29) is 7.57 Å². The SMILES string of the molecule is CC(=O)O.N#[P+]Cl. The maximum atomic E-state index is 9.00. The molecule has 0 saturated heterocycles. The Morgan fingerprint density at radius 1 is 2.00 bits per heavy atom. The molecule has 0 amide bonds. The first kappa shape index (κ1) is 10.0. The number of nitrogens with zero attached hydrogens (tertiary/aromatic N) is 1. The summed E-state index contributed by atoms with van der Waals surface area (Å²) in [4.78, 5) is 9.00. The summed E-state index contributed by atoms with van der Waals surface area (Å²) in [6, 6.07) is 0. The molecule has 1 N–H and O–H groups in total. The van der Waals surface area contributed by atoms with Gasteiger partial charge < -0.3 is 5.11 Å². The van der Waals surface area contributed by atoms with E-state index >= 15 is 0 Å². The number of hydrogen-bond donors (Lipinski definition) is 1. The molecule has 7 heavy (non-hydrogen) atoms. The fourth-order valence-corrected chi connectivity index (χ4v) is 0. The number of carboxylic acid groups (broad SMARTS) is 1. The van der Waals surface area contributed by atoms with Crippen molar-refractivity contribution in [2.24, 2.45) is 0 Å². The molecule has 0 radical (unpaired) electrons. The van der Waals surface area contributed by atoms with Crippen LogP contribution in [0.4, 0.5) is 0 Å². The van der Waals surface area contributed by atoms with Gasteiger partial charge in [0.2, 0.25) is 0 Å². The fraction of sp³-hybridized carbons (Fsp3) is 0.500. The van der Waals surface area contributed by atoms with E-state index in [0.717, 1.165) is 6.92 Å². The third-order valence-corrected chi connectivity index (χ3v) is 0. The molecule has 0 aromatic rings. The Labute approximate surface area is 47.5 Å². The normalized spacial score (nSPS) is 5.29. The summed E-state index contributed by atoms with van der Waals surface area (Å²) in [5.41, 5.74) is 0. The second-order valence-electron chi connectivity index (χ2n) is 0.595. The molecule has 0 rings (SSSR count). The van der Waals surface area contributed by atoms with Crippen LogP contribution in [0.1, 0.15) is 6.92 Å². The summed E-state index contributed by atoms with van der Waals surface area (Å²) >= 11 is 4.53. The zero-order valence-corrected chi connectivity index (χ0v) is 5.28. The molecule has 0 atom stereocenters. The van der Waals surface area contributed by atoms with Gasteiger partial charge in [0.15, 0.2) is 0 Å². The van der Waals surface area contributed by atoms with Crippen LogP contribution in [0.5, 0.6) is 0 Å². The van der Waals surface area contributed by atoms with Gasteiger partial charge in [-0.15, -0.1) is 0 Å². The zero-order valence-electron chi connectivity index (χ0n) is 3.63. The Bertz CT molecular complexity index is 84.2. The number of halogens is 1. The van der Waals surface area contributed by atoms with E-state index in [1.54, 1.807) is 0 Å². The van der Waals surface area contributed by atoms with E-state index in [1.165, 1.54) is 0 Å². The molecule has 3 nitrogen and oxygen atoms in total. The third kappa shape index (κ3) is 8970. The first-order valence-electron chi connectivity index (χ1n) is 1.30. The molecule has 0 aliphatic carbocycles. The van der Waals surface area contributed by atoms with Crippen LogP contribution in [0.15, 0.2) is 0 Å². The van der Waals surface area contributed by atoms with Crippen molar-refractivity contribution in [1.82, 2.24) is 0 Å². The maximum absolute atomic E-state index is 9.00. The predicted molar refractivity (Wildman–Crippen MR) is 27.8 cm³/mol. The van der Waals surface area contributed by atoms with Crippen LogP contribution >= 0.6 is 18.8 Å². The first-order chi connectivity index (χ1) is 3.15. The van der Waals surface area contributed by atoms with Crippen molar-refractivity contribution >= 4 is 24.8 Å². The van der Waals surface area contributed by atoms with Gasteiger partial charge in [0.25, 0.3) is 5.97 Å². The van der Waals surface area contributed by atoms with E-state index in [2.05, 4.69) is 11.2 Å². The van der Waals surface area contributed by atoms with Crippen LogP contribution in [0.2, 0.25) is 0 Å². The molecular weight excluding hydrogens is 136 g/mol. The molecule has 40 valence electrons. The van der Waals surface area contributed by atoms with E-state index in [1.807, 2.05) is 0 Å². The Morgan fingerprint density at radius 2 is 2.00 bits per heavy atom. The van der Waals surface area contributed by atoms with Crippen LogP contribution in [0, 0.1) is 5.00 Å². The minimum atomic E-state index is -0.833. The predicted octanol–water partition coefficient (Wildman–Crippen LogP) is 1.66. The van der Waals surface area contributed by atoms with Crippen LogP contribution in [0.3, 0.4) is 0 Å². The van der Waals surface area contributed by atoms with Crippen molar-refractivity contribution in [3.05, 3.63) is 0 Å². The van der Waals surface area contributed by atoms with Crippen molar-refractivity contribution in [2.45, 2.75) is 6.92 Å². The van der Waals surface area contributed by atoms with Gasteiger partial charge in [0.1, 0.15) is 0 Å². The summed E-state index contributed by atoms with van der Waals surface area (Å²) < 4.78 is 0. The first-order valence-corrected chi connectivity index (χ1v) is 3.05. The number of carbonyl (C=O) groups is 1. The summed E-state index contributed by atoms with van der Waals surface area (Å²) in [6.45, 7) is 1.08. The number of aliphatic carboxylic acids is 1. The average molecular weight is 140 g/mol. The number of hydrogen-bond acceptors (Lipinski definition) is 2. The number of rotatable bonds is 0. The zero-order chi connectivity index (χ0) is 6.28. The molecule has 0 heterocycles. The Morgan fingerprint density at radius 3 is 2.00 bits per heavy atom. The molecule has 0 unspecified atom stereocenters. The molecule has 0 fully saturated rings. The van der Waals surface area contributed by atoms with Gasteiger partial charge in [-0.2, -0.15) is 0 Å². The molecule has 0 saturated carbocycles. The van der Waals surface area contributed by atoms with E-state index in [0.29, 0.717) is 0 Å². The molecule has 0 aromatic carbocycles. The average Bonchev–Trinajstić information content (AvgIpc) is 1.33. The van der Waals surface area contributed by atoms with Crippen molar-refractivity contribution in [3.8, 4) is 0 Å². The van der Waals surface area contributed by atoms with Crippen LogP contribution in [-0.2, 0) is 4.79 Å². The van der Waals surface area contributed by atoms with E-state index < -0.39 is 5.97 Å². The molecule has 0 aromatic heterocycles. The second kappa shape index (κ2) is 9.31. The van der Waals surface area contributed by atoms with Gasteiger partial charge in [0.05, 0.1) is 0 Å². The monoisotopic (exact) mass is 140 g/mol. The molecule has 5 heteroatoms. The Balaban J connectivity index is 0. The number of carboxylic acids is 1. The van der Waals surface area contributed by atoms with Crippen molar-refractivity contribution in [3.63, 3.8) is 0 Å². The van der Waals surface area contributed by atoms with Gasteiger partial charge in [-0.3, -0.25) is 4.79 Å². The molecular formula is C2H4ClNO2P+. The van der Waals surface area contributed by atoms with Gasteiger partial charge in [0, 0.05) is 6.92 Å². The van der Waals surface area contributed by atoms with E-state index in [4.69, 9.17) is 14.9 Å². The summed E-state index contributed by atoms with van der Waals surface area (Å²) in [7, 11) is -0.111. The van der Waals surface area contributed by atoms with Crippen LogP contribution < -0.4 is 0 Å². The summed E-state index contributed by atoms with van der Waals surface area (Å²) in [5, 5.41) is 14.7. The van der Waals surface area contributed by atoms with Gasteiger partial charge in [-0.1, -0.05) is 0 Å². The molecule has 0 aliphatic heterocycles. The minimum absolute atomic E-state index is 0.111. The molecule has 0 aliphatic rings. The van der Waals surface area contributed by atoms with Crippen LogP contribution in [-0.4, -0.2) is 11.1 Å². The fourth-order valence-electron chi connectivity index (χ4n) is 0. The standard InChI is InChI=1S/C2H4O2.ClNP/c1-2(3)4;1-3-2/h1H3,(H,3,4);/q;+1. The topological polar surface area (TPSA) is 61.1 Å². The third-order valence-electron chi connectivity index (χ3n) is 0. The summed E-state index contributed by atoms with van der Waals surface area (Å²) in [6.07, 6.45) is 0. The van der Waals surface area contributed by atoms with Gasteiger partial charge >= 0.3 is 23.8 Å².